The van der Waals surface area contributed by atoms with E-state index in [2.05, 4.69) is 42.8 Å². The highest BCUT2D eigenvalue weighted by molar-refractivity contribution is 7.26. The first-order chi connectivity index (χ1) is 9.22. The average Bonchev–Trinajstić information content (AvgIpc) is 2.96. The number of hydrogen-bond acceptors (Lipinski definition) is 2. The molecule has 0 fully saturated rings. The lowest BCUT2D eigenvalue weighted by atomic mass is 10.2. The Hall–Kier alpha value is -1.79. The smallest absolute Gasteiger partial charge is 0.138 e. The zero-order valence-corrected chi connectivity index (χ0v) is 12.6. The Morgan fingerprint density at radius 2 is 1.84 bits per heavy atom. The van der Waals surface area contributed by atoms with Crippen LogP contribution in [-0.4, -0.2) is 4.57 Å². The summed E-state index contributed by atoms with van der Waals surface area (Å²) in [5.74, 6) is 0. The van der Waals surface area contributed by atoms with E-state index in [1.165, 1.54) is 15.5 Å². The van der Waals surface area contributed by atoms with E-state index in [0.717, 1.165) is 10.4 Å². The molecule has 19 heavy (non-hydrogen) atoms. The van der Waals surface area contributed by atoms with Gasteiger partial charge in [-0.05, 0) is 19.9 Å². The zero-order chi connectivity index (χ0) is 14.0. The molecule has 0 aliphatic rings. The summed E-state index contributed by atoms with van der Waals surface area (Å²) in [4.78, 5) is 0. The summed E-state index contributed by atoms with van der Waals surface area (Å²) in [7, 11) is 0. The lowest BCUT2D eigenvalue weighted by Gasteiger charge is -2.07. The van der Waals surface area contributed by atoms with Crippen LogP contribution in [-0.2, 0) is 0 Å². The molecule has 0 atom stereocenters. The Labute approximate surface area is 117 Å². The number of benzene rings is 1. The molecule has 0 bridgehead atoms. The Morgan fingerprint density at radius 3 is 2.47 bits per heavy atom. The third-order valence-electron chi connectivity index (χ3n) is 3.04. The van der Waals surface area contributed by atoms with Gasteiger partial charge < -0.3 is 4.57 Å². The molecule has 3 aromatic rings. The van der Waals surface area contributed by atoms with Gasteiger partial charge in [-0.15, -0.1) is 11.3 Å². The van der Waals surface area contributed by atoms with Gasteiger partial charge in [-0.3, -0.25) is 0 Å². The number of nitriles is 1. The average molecular weight is 270 g/mol. The quantitative estimate of drug-likeness (QED) is 0.587. The van der Waals surface area contributed by atoms with E-state index in [1.54, 1.807) is 11.3 Å². The van der Waals surface area contributed by atoms with Crippen LogP contribution in [0.25, 0.3) is 20.2 Å². The van der Waals surface area contributed by atoms with Crippen LogP contribution < -0.4 is 0 Å². The third-order valence-corrected chi connectivity index (χ3v) is 4.23. The van der Waals surface area contributed by atoms with Gasteiger partial charge in [0.2, 0.25) is 0 Å². The third kappa shape index (κ3) is 2.13. The van der Waals surface area contributed by atoms with Crippen LogP contribution >= 0.6 is 11.3 Å². The van der Waals surface area contributed by atoms with Crippen LogP contribution in [0.2, 0.25) is 0 Å². The van der Waals surface area contributed by atoms with E-state index in [1.807, 2.05) is 26.0 Å². The molecule has 3 rings (SSSR count). The standard InChI is InChI=1S/C14H12N2S.C2H6/c1-9(2)16-8-11-10-5-3-4-6-13(10)17-14(11)12(16)7-15;1-2/h3-6,8-9H,1-2H3;1-2H3. The predicted octanol–water partition coefficient (Wildman–Crippen LogP) is 5.33. The predicted molar refractivity (Wildman–Crippen MR) is 83.8 cm³/mol. The molecular formula is C16H18N2S. The second-order valence-electron chi connectivity index (χ2n) is 4.43. The van der Waals surface area contributed by atoms with Crippen molar-refractivity contribution in [3.8, 4) is 6.07 Å². The van der Waals surface area contributed by atoms with Gasteiger partial charge in [-0.2, -0.15) is 5.26 Å². The van der Waals surface area contributed by atoms with E-state index in [4.69, 9.17) is 0 Å². The molecule has 2 heterocycles. The van der Waals surface area contributed by atoms with Gasteiger partial charge in [-0.1, -0.05) is 32.0 Å². The first-order valence-electron chi connectivity index (χ1n) is 6.64. The van der Waals surface area contributed by atoms with Crippen LogP contribution in [0.5, 0.6) is 0 Å². The van der Waals surface area contributed by atoms with Gasteiger partial charge in [0.05, 0.1) is 4.70 Å². The van der Waals surface area contributed by atoms with Crippen molar-refractivity contribution in [1.82, 2.24) is 4.57 Å². The first-order valence-corrected chi connectivity index (χ1v) is 7.46. The Kier molecular flexibility index (Phi) is 3.92. The van der Waals surface area contributed by atoms with Crippen molar-refractivity contribution >= 4 is 31.5 Å². The minimum absolute atomic E-state index is 0.322. The number of hydrogen-bond donors (Lipinski definition) is 0. The van der Waals surface area contributed by atoms with Gasteiger partial charge in [0.1, 0.15) is 11.8 Å². The molecule has 0 unspecified atom stereocenters. The Balaban J connectivity index is 0.000000637. The van der Waals surface area contributed by atoms with Crippen LogP contribution in [0.4, 0.5) is 0 Å². The normalized spacial score (nSPS) is 10.5. The Morgan fingerprint density at radius 1 is 1.16 bits per heavy atom. The first kappa shape index (κ1) is 13.6. The van der Waals surface area contributed by atoms with Crippen molar-refractivity contribution < 1.29 is 0 Å². The summed E-state index contributed by atoms with van der Waals surface area (Å²) in [5.41, 5.74) is 0.788. The number of rotatable bonds is 1. The summed E-state index contributed by atoms with van der Waals surface area (Å²) >= 11 is 1.71. The van der Waals surface area contributed by atoms with E-state index in [9.17, 15) is 5.26 Å². The molecule has 0 amide bonds. The van der Waals surface area contributed by atoms with Crippen molar-refractivity contribution in [3.63, 3.8) is 0 Å². The molecule has 1 aromatic carbocycles. The molecule has 2 nitrogen and oxygen atoms in total. The van der Waals surface area contributed by atoms with Crippen LogP contribution in [0.15, 0.2) is 30.5 Å². The fourth-order valence-corrected chi connectivity index (χ4v) is 3.38. The number of thiophene rings is 1. The fraction of sp³-hybridized carbons (Fsp3) is 0.312. The van der Waals surface area contributed by atoms with E-state index < -0.39 is 0 Å². The largest absolute Gasteiger partial charge is 0.335 e. The van der Waals surface area contributed by atoms with E-state index >= 15 is 0 Å². The van der Waals surface area contributed by atoms with Crippen molar-refractivity contribution in [1.29, 1.82) is 5.26 Å². The number of aromatic nitrogens is 1. The monoisotopic (exact) mass is 270 g/mol. The molecule has 0 aliphatic heterocycles. The van der Waals surface area contributed by atoms with Crippen molar-refractivity contribution in [2.45, 2.75) is 33.7 Å². The molecule has 2 aromatic heterocycles. The molecular weight excluding hydrogens is 252 g/mol. The highest BCUT2D eigenvalue weighted by atomic mass is 32.1. The molecule has 0 N–H and O–H groups in total. The van der Waals surface area contributed by atoms with Gasteiger partial charge in [0.15, 0.2) is 0 Å². The summed E-state index contributed by atoms with van der Waals surface area (Å²) in [6.07, 6.45) is 2.11. The fourth-order valence-electron chi connectivity index (χ4n) is 2.21. The maximum atomic E-state index is 9.32. The lowest BCUT2D eigenvalue weighted by Crippen LogP contribution is -2.00. The lowest BCUT2D eigenvalue weighted by molar-refractivity contribution is 0.600. The second kappa shape index (κ2) is 5.46. The summed E-state index contributed by atoms with van der Waals surface area (Å²) in [6, 6.07) is 11.0. The van der Waals surface area contributed by atoms with E-state index in [0.29, 0.717) is 6.04 Å². The number of fused-ring (bicyclic) bond motifs is 3. The maximum Gasteiger partial charge on any atom is 0.138 e. The van der Waals surface area contributed by atoms with Gasteiger partial charge >= 0.3 is 0 Å². The Bertz CT molecular complexity index is 741. The van der Waals surface area contributed by atoms with Gasteiger partial charge in [0.25, 0.3) is 0 Å². The zero-order valence-electron chi connectivity index (χ0n) is 11.8. The minimum Gasteiger partial charge on any atom is -0.335 e. The molecule has 0 saturated carbocycles. The highest BCUT2D eigenvalue weighted by Gasteiger charge is 2.15. The summed E-state index contributed by atoms with van der Waals surface area (Å²) in [6.45, 7) is 8.21. The van der Waals surface area contributed by atoms with Crippen molar-refractivity contribution in [2.75, 3.05) is 0 Å². The van der Waals surface area contributed by atoms with Crippen molar-refractivity contribution in [2.24, 2.45) is 0 Å². The van der Waals surface area contributed by atoms with Crippen LogP contribution in [0.3, 0.4) is 0 Å². The van der Waals surface area contributed by atoms with Crippen molar-refractivity contribution in [3.05, 3.63) is 36.2 Å². The highest BCUT2D eigenvalue weighted by Crippen LogP contribution is 2.37. The minimum atomic E-state index is 0.322. The molecule has 98 valence electrons. The number of nitrogens with zero attached hydrogens (tertiary/aromatic N) is 2. The maximum absolute atomic E-state index is 9.32. The van der Waals surface area contributed by atoms with Crippen LogP contribution in [0.1, 0.15) is 39.4 Å². The van der Waals surface area contributed by atoms with Gasteiger partial charge in [-0.25, -0.2) is 0 Å². The molecule has 0 spiro atoms. The molecule has 3 heteroatoms. The van der Waals surface area contributed by atoms with E-state index in [-0.39, 0.29) is 0 Å². The second-order valence-corrected chi connectivity index (χ2v) is 5.48. The van der Waals surface area contributed by atoms with Crippen LogP contribution in [0, 0.1) is 11.3 Å². The summed E-state index contributed by atoms with van der Waals surface area (Å²) in [5, 5.41) is 11.8. The SMILES string of the molecule is CC.CC(C)n1cc2c(sc3ccccc32)c1C#N. The molecule has 0 saturated heterocycles. The molecule has 0 aliphatic carbocycles. The molecule has 0 radical (unpaired) electrons. The topological polar surface area (TPSA) is 28.7 Å². The van der Waals surface area contributed by atoms with Gasteiger partial charge in [0, 0.05) is 27.7 Å². The summed E-state index contributed by atoms with van der Waals surface area (Å²) < 4.78 is 4.43.